The second-order valence-corrected chi connectivity index (χ2v) is 7.19. The fourth-order valence-corrected chi connectivity index (χ4v) is 3.52. The van der Waals surface area contributed by atoms with Gasteiger partial charge in [-0.1, -0.05) is 35.3 Å². The van der Waals surface area contributed by atoms with Gasteiger partial charge in [-0.3, -0.25) is 4.57 Å². The zero-order valence-electron chi connectivity index (χ0n) is 13.9. The molecule has 3 heterocycles. The van der Waals surface area contributed by atoms with E-state index in [1.54, 1.807) is 18.3 Å². The van der Waals surface area contributed by atoms with E-state index in [4.69, 9.17) is 23.2 Å². The van der Waals surface area contributed by atoms with Crippen LogP contribution in [0.25, 0.3) is 11.2 Å². The van der Waals surface area contributed by atoms with E-state index < -0.39 is 0 Å². The van der Waals surface area contributed by atoms with Gasteiger partial charge in [0.1, 0.15) is 5.52 Å². The number of H-pyrrole nitrogens is 1. The Morgan fingerprint density at radius 3 is 3.04 bits per heavy atom. The van der Waals surface area contributed by atoms with Crippen LogP contribution in [0.3, 0.4) is 0 Å². The highest BCUT2D eigenvalue weighted by atomic mass is 35.5. The molecule has 1 aromatic carbocycles. The number of nitrogens with zero attached hydrogens (tertiary/aromatic N) is 3. The molecule has 0 radical (unpaired) electrons. The second-order valence-electron chi connectivity index (χ2n) is 6.40. The molecule has 7 nitrogen and oxygen atoms in total. The van der Waals surface area contributed by atoms with E-state index in [1.807, 2.05) is 6.07 Å². The van der Waals surface area contributed by atoms with Crippen LogP contribution in [-0.4, -0.2) is 39.2 Å². The number of aromatic nitrogens is 4. The zero-order valence-corrected chi connectivity index (χ0v) is 15.4. The van der Waals surface area contributed by atoms with Gasteiger partial charge in [0.2, 0.25) is 5.95 Å². The van der Waals surface area contributed by atoms with Crippen molar-refractivity contribution in [2.75, 3.05) is 25.0 Å². The Morgan fingerprint density at radius 2 is 2.23 bits per heavy atom. The number of rotatable bonds is 5. The lowest BCUT2D eigenvalue weighted by Gasteiger charge is -2.10. The lowest BCUT2D eigenvalue weighted by molar-refractivity contribution is 0.613. The average Bonchev–Trinajstić information content (AvgIpc) is 3.25. The molecule has 26 heavy (non-hydrogen) atoms. The Kier molecular flexibility index (Phi) is 4.84. The number of nitrogens with one attached hydrogen (secondary N) is 3. The molecule has 1 atom stereocenters. The molecule has 3 N–H and O–H groups in total. The van der Waals surface area contributed by atoms with E-state index in [0.717, 1.165) is 31.6 Å². The molecule has 9 heteroatoms. The normalized spacial score (nSPS) is 17.1. The topological polar surface area (TPSA) is 87.6 Å². The highest BCUT2D eigenvalue weighted by molar-refractivity contribution is 6.42. The predicted octanol–water partition coefficient (Wildman–Crippen LogP) is 2.50. The van der Waals surface area contributed by atoms with Gasteiger partial charge in [0, 0.05) is 6.54 Å². The summed E-state index contributed by atoms with van der Waals surface area (Å²) in [5, 5.41) is 7.49. The summed E-state index contributed by atoms with van der Waals surface area (Å²) in [5.41, 5.74) is 1.61. The molecule has 0 spiro atoms. The molecule has 1 unspecified atom stereocenters. The van der Waals surface area contributed by atoms with Crippen molar-refractivity contribution in [1.82, 2.24) is 24.8 Å². The molecule has 4 rings (SSSR count). The Labute approximate surface area is 159 Å². The van der Waals surface area contributed by atoms with Crippen LogP contribution in [0.5, 0.6) is 0 Å². The van der Waals surface area contributed by atoms with Gasteiger partial charge in [-0.05, 0) is 37.1 Å². The number of hydrogen-bond acceptors (Lipinski definition) is 5. The molecule has 0 aliphatic carbocycles. The molecule has 136 valence electrons. The molecule has 2 aromatic heterocycles. The molecule has 1 aliphatic heterocycles. The molecule has 0 amide bonds. The van der Waals surface area contributed by atoms with E-state index in [0.29, 0.717) is 33.1 Å². The molecular weight excluding hydrogens is 375 g/mol. The summed E-state index contributed by atoms with van der Waals surface area (Å²) >= 11 is 12.3. The SMILES string of the molecule is O=c1[nH]c2cnc(NCC3CCNC3)nc2n1Cc1cccc(Cl)c1Cl. The fourth-order valence-electron chi connectivity index (χ4n) is 3.14. The number of imidazole rings is 1. The van der Waals surface area contributed by atoms with Crippen molar-refractivity contribution in [3.8, 4) is 0 Å². The summed E-state index contributed by atoms with van der Waals surface area (Å²) in [6.45, 7) is 3.12. The lowest BCUT2D eigenvalue weighted by atomic mass is 10.1. The zero-order chi connectivity index (χ0) is 18.1. The molecular formula is C17H18Cl2N6O. The van der Waals surface area contributed by atoms with Crippen molar-refractivity contribution in [2.45, 2.75) is 13.0 Å². The summed E-state index contributed by atoms with van der Waals surface area (Å²) in [4.78, 5) is 23.9. The largest absolute Gasteiger partial charge is 0.354 e. The summed E-state index contributed by atoms with van der Waals surface area (Å²) in [7, 11) is 0. The van der Waals surface area contributed by atoms with Gasteiger partial charge >= 0.3 is 5.69 Å². The first-order chi connectivity index (χ1) is 12.6. The maximum Gasteiger partial charge on any atom is 0.328 e. The number of aromatic amines is 1. The number of anilines is 1. The van der Waals surface area contributed by atoms with Crippen LogP contribution in [-0.2, 0) is 6.54 Å². The van der Waals surface area contributed by atoms with Gasteiger partial charge < -0.3 is 15.6 Å². The Balaban J connectivity index is 1.63. The molecule has 0 bridgehead atoms. The maximum atomic E-state index is 12.4. The number of benzene rings is 1. The molecule has 1 fully saturated rings. The van der Waals surface area contributed by atoms with Gasteiger partial charge in [0.15, 0.2) is 5.65 Å². The highest BCUT2D eigenvalue weighted by Crippen LogP contribution is 2.26. The van der Waals surface area contributed by atoms with Crippen LogP contribution in [0.4, 0.5) is 5.95 Å². The Morgan fingerprint density at radius 1 is 1.35 bits per heavy atom. The molecule has 1 aliphatic rings. The Bertz CT molecular complexity index is 993. The first kappa shape index (κ1) is 17.3. The minimum atomic E-state index is -0.262. The summed E-state index contributed by atoms with van der Waals surface area (Å²) in [6, 6.07) is 5.36. The standard InChI is InChI=1S/C17H18Cl2N6O/c18-12-3-1-2-11(14(12)19)9-25-15-13(23-17(25)26)8-22-16(24-15)21-7-10-4-5-20-6-10/h1-3,8,10,20H,4-7,9H2,(H,23,26)(H,21,22,24). The third kappa shape index (κ3) is 3.42. The number of halogens is 2. The van der Waals surface area contributed by atoms with Crippen LogP contribution in [0.1, 0.15) is 12.0 Å². The lowest BCUT2D eigenvalue weighted by Crippen LogP contribution is -2.19. The fraction of sp³-hybridized carbons (Fsp3) is 0.353. The van der Waals surface area contributed by atoms with Gasteiger partial charge in [0.05, 0.1) is 22.8 Å². The van der Waals surface area contributed by atoms with E-state index in [9.17, 15) is 4.79 Å². The molecule has 3 aromatic rings. The van der Waals surface area contributed by atoms with Crippen molar-refractivity contribution >= 4 is 40.3 Å². The smallest absolute Gasteiger partial charge is 0.328 e. The van der Waals surface area contributed by atoms with Crippen LogP contribution >= 0.6 is 23.2 Å². The van der Waals surface area contributed by atoms with Gasteiger partial charge in [-0.25, -0.2) is 9.78 Å². The monoisotopic (exact) mass is 392 g/mol. The summed E-state index contributed by atoms with van der Waals surface area (Å²) in [5.74, 6) is 1.07. The minimum absolute atomic E-state index is 0.262. The van der Waals surface area contributed by atoms with Gasteiger partial charge in [-0.2, -0.15) is 4.98 Å². The van der Waals surface area contributed by atoms with Crippen molar-refractivity contribution in [3.63, 3.8) is 0 Å². The van der Waals surface area contributed by atoms with Gasteiger partial charge in [-0.15, -0.1) is 0 Å². The maximum absolute atomic E-state index is 12.4. The summed E-state index contributed by atoms with van der Waals surface area (Å²) < 4.78 is 1.54. The van der Waals surface area contributed by atoms with Crippen molar-refractivity contribution in [1.29, 1.82) is 0 Å². The van der Waals surface area contributed by atoms with Crippen molar-refractivity contribution in [3.05, 3.63) is 50.5 Å². The van der Waals surface area contributed by atoms with Gasteiger partial charge in [0.25, 0.3) is 0 Å². The van der Waals surface area contributed by atoms with Crippen molar-refractivity contribution < 1.29 is 0 Å². The molecule has 0 saturated carbocycles. The third-order valence-electron chi connectivity index (χ3n) is 4.58. The third-order valence-corrected chi connectivity index (χ3v) is 5.44. The first-order valence-corrected chi connectivity index (χ1v) is 9.20. The van der Waals surface area contributed by atoms with Crippen LogP contribution in [0, 0.1) is 5.92 Å². The predicted molar refractivity (Wildman–Crippen MR) is 103 cm³/mol. The first-order valence-electron chi connectivity index (χ1n) is 8.45. The van der Waals surface area contributed by atoms with Crippen LogP contribution in [0.15, 0.2) is 29.2 Å². The highest BCUT2D eigenvalue weighted by Gasteiger charge is 2.16. The Hall–Kier alpha value is -2.09. The van der Waals surface area contributed by atoms with Crippen LogP contribution in [0.2, 0.25) is 10.0 Å². The second kappa shape index (κ2) is 7.26. The summed E-state index contributed by atoms with van der Waals surface area (Å²) in [6.07, 6.45) is 2.76. The van der Waals surface area contributed by atoms with E-state index in [-0.39, 0.29) is 12.2 Å². The number of hydrogen-bond donors (Lipinski definition) is 3. The average molecular weight is 393 g/mol. The van der Waals surface area contributed by atoms with E-state index in [2.05, 4.69) is 25.6 Å². The quantitative estimate of drug-likeness (QED) is 0.620. The van der Waals surface area contributed by atoms with Crippen LogP contribution < -0.4 is 16.3 Å². The molecule has 1 saturated heterocycles. The van der Waals surface area contributed by atoms with Crippen molar-refractivity contribution in [2.24, 2.45) is 5.92 Å². The number of fused-ring (bicyclic) bond motifs is 1. The van der Waals surface area contributed by atoms with E-state index >= 15 is 0 Å². The van der Waals surface area contributed by atoms with E-state index in [1.165, 1.54) is 4.57 Å². The minimum Gasteiger partial charge on any atom is -0.354 e.